The second kappa shape index (κ2) is 8.27. The predicted molar refractivity (Wildman–Crippen MR) is 121 cm³/mol. The van der Waals surface area contributed by atoms with E-state index in [1.807, 2.05) is 61.5 Å². The van der Waals surface area contributed by atoms with Crippen LogP contribution in [0.3, 0.4) is 0 Å². The van der Waals surface area contributed by atoms with Crippen LogP contribution in [0.5, 0.6) is 23.0 Å². The summed E-state index contributed by atoms with van der Waals surface area (Å²) in [6, 6.07) is 20.8. The molecule has 0 saturated heterocycles. The van der Waals surface area contributed by atoms with E-state index in [9.17, 15) is 4.79 Å². The quantitative estimate of drug-likeness (QED) is 0.497. The van der Waals surface area contributed by atoms with Crippen molar-refractivity contribution >= 4 is 11.9 Å². The van der Waals surface area contributed by atoms with E-state index in [0.29, 0.717) is 23.7 Å². The Morgan fingerprint density at radius 1 is 0.969 bits per heavy atom. The maximum absolute atomic E-state index is 12.9. The Morgan fingerprint density at radius 2 is 1.84 bits per heavy atom. The van der Waals surface area contributed by atoms with Crippen molar-refractivity contribution in [2.75, 3.05) is 7.11 Å². The molecule has 0 aromatic heterocycles. The van der Waals surface area contributed by atoms with Gasteiger partial charge in [0, 0.05) is 11.6 Å². The molecule has 0 unspecified atom stereocenters. The lowest BCUT2D eigenvalue weighted by atomic mass is 10.0. The number of ether oxygens (including phenoxy) is 4. The topological polar surface area (TPSA) is 54.0 Å². The van der Waals surface area contributed by atoms with Gasteiger partial charge in [-0.25, -0.2) is 0 Å². The number of benzene rings is 3. The van der Waals surface area contributed by atoms with Crippen LogP contribution >= 0.6 is 0 Å². The first-order valence-electron chi connectivity index (χ1n) is 10.4. The molecule has 2 heterocycles. The van der Waals surface area contributed by atoms with Gasteiger partial charge in [0.15, 0.2) is 5.76 Å². The van der Waals surface area contributed by atoms with Gasteiger partial charge in [-0.2, -0.15) is 0 Å². The normalized spacial score (nSPS) is 17.7. The van der Waals surface area contributed by atoms with Crippen LogP contribution in [0.4, 0.5) is 0 Å². The molecule has 160 valence electrons. The van der Waals surface area contributed by atoms with Gasteiger partial charge in [0.05, 0.1) is 12.7 Å². The average molecular weight is 426 g/mol. The molecule has 0 radical (unpaired) electrons. The fraction of sp³-hybridized carbons (Fsp3) is 0.148. The summed E-state index contributed by atoms with van der Waals surface area (Å²) in [7, 11) is 1.63. The van der Waals surface area contributed by atoms with Crippen LogP contribution in [0.15, 0.2) is 84.1 Å². The molecule has 0 aliphatic carbocycles. The van der Waals surface area contributed by atoms with Gasteiger partial charge >= 0.3 is 0 Å². The van der Waals surface area contributed by atoms with Gasteiger partial charge in [-0.1, -0.05) is 30.3 Å². The molecule has 32 heavy (non-hydrogen) atoms. The molecule has 5 rings (SSSR count). The van der Waals surface area contributed by atoms with E-state index in [1.165, 1.54) is 0 Å². The van der Waals surface area contributed by atoms with Crippen molar-refractivity contribution in [1.29, 1.82) is 0 Å². The van der Waals surface area contributed by atoms with Crippen molar-refractivity contribution in [3.63, 3.8) is 0 Å². The van der Waals surface area contributed by atoms with Crippen LogP contribution in [0.25, 0.3) is 6.08 Å². The number of fused-ring (bicyclic) bond motifs is 2. The zero-order valence-electron chi connectivity index (χ0n) is 17.8. The molecule has 0 N–H and O–H groups in total. The number of para-hydroxylation sites is 1. The molecule has 5 nitrogen and oxygen atoms in total. The molecule has 3 aromatic rings. The Balaban J connectivity index is 1.34. The smallest absolute Gasteiger partial charge is 0.231 e. The monoisotopic (exact) mass is 426 g/mol. The average Bonchev–Trinajstić information content (AvgIpc) is 3.12. The lowest BCUT2D eigenvalue weighted by Gasteiger charge is -2.22. The first kappa shape index (κ1) is 19.9. The zero-order valence-corrected chi connectivity index (χ0v) is 17.8. The molecule has 0 amide bonds. The summed E-state index contributed by atoms with van der Waals surface area (Å²) >= 11 is 0. The van der Waals surface area contributed by atoms with Crippen LogP contribution < -0.4 is 18.9 Å². The van der Waals surface area contributed by atoms with Crippen molar-refractivity contribution in [3.05, 3.63) is 101 Å². The minimum atomic E-state index is -0.181. The third kappa shape index (κ3) is 3.85. The highest BCUT2D eigenvalue weighted by atomic mass is 16.5. The van der Waals surface area contributed by atoms with Gasteiger partial charge in [-0.15, -0.1) is 0 Å². The number of carbonyl (C=O) groups is 1. The number of methoxy groups -OCH3 is 1. The molecular formula is C27H22O5. The number of rotatable bonds is 5. The molecule has 1 atom stereocenters. The van der Waals surface area contributed by atoms with Crippen LogP contribution in [-0.2, 0) is 6.61 Å². The standard InChI is InChI=1S/C27H22O5/c1-17-20(13-19-7-3-4-9-24(19)31-17)14-26-27(28)23-11-10-22(15-25(23)32-26)30-16-18-6-5-8-21(12-18)29-2/h3-15,17H,16H2,1-2H3/b26-14-/t17-/m0/s1. The van der Waals surface area contributed by atoms with E-state index in [4.69, 9.17) is 18.9 Å². The highest BCUT2D eigenvalue weighted by molar-refractivity contribution is 6.12. The maximum Gasteiger partial charge on any atom is 0.231 e. The van der Waals surface area contributed by atoms with Gasteiger partial charge in [-0.05, 0) is 60.5 Å². The Morgan fingerprint density at radius 3 is 2.72 bits per heavy atom. The van der Waals surface area contributed by atoms with E-state index >= 15 is 0 Å². The number of hydrogen-bond acceptors (Lipinski definition) is 5. The van der Waals surface area contributed by atoms with E-state index in [-0.39, 0.29) is 17.6 Å². The van der Waals surface area contributed by atoms with Crippen LogP contribution in [0, 0.1) is 0 Å². The van der Waals surface area contributed by atoms with Crippen LogP contribution in [-0.4, -0.2) is 19.0 Å². The Labute approximate surface area is 186 Å². The molecule has 3 aromatic carbocycles. The van der Waals surface area contributed by atoms with Crippen molar-refractivity contribution in [2.24, 2.45) is 0 Å². The molecular weight excluding hydrogens is 404 g/mol. The van der Waals surface area contributed by atoms with Gasteiger partial charge in [0.25, 0.3) is 0 Å². The van der Waals surface area contributed by atoms with E-state index in [0.717, 1.165) is 28.2 Å². The lowest BCUT2D eigenvalue weighted by molar-refractivity contribution is 0.101. The third-order valence-corrected chi connectivity index (χ3v) is 5.49. The Hall–Kier alpha value is -3.99. The minimum absolute atomic E-state index is 0.147. The van der Waals surface area contributed by atoms with Gasteiger partial charge < -0.3 is 18.9 Å². The minimum Gasteiger partial charge on any atom is -0.497 e. The fourth-order valence-corrected chi connectivity index (χ4v) is 3.76. The molecule has 5 heteroatoms. The van der Waals surface area contributed by atoms with Crippen molar-refractivity contribution in [2.45, 2.75) is 19.6 Å². The fourth-order valence-electron chi connectivity index (χ4n) is 3.76. The number of ketones is 1. The first-order chi connectivity index (χ1) is 15.6. The molecule has 2 aliphatic rings. The molecule has 0 saturated carbocycles. The summed E-state index contributed by atoms with van der Waals surface area (Å²) in [5.74, 6) is 2.87. The van der Waals surface area contributed by atoms with E-state index in [2.05, 4.69) is 0 Å². The largest absolute Gasteiger partial charge is 0.497 e. The van der Waals surface area contributed by atoms with Gasteiger partial charge in [-0.3, -0.25) is 4.79 Å². The van der Waals surface area contributed by atoms with E-state index < -0.39 is 0 Å². The number of Topliss-reactive ketones (excluding diaryl/α,β-unsaturated/α-hetero) is 1. The Bertz CT molecular complexity index is 1250. The third-order valence-electron chi connectivity index (χ3n) is 5.49. The second-order valence-electron chi connectivity index (χ2n) is 7.68. The summed E-state index contributed by atoms with van der Waals surface area (Å²) in [6.07, 6.45) is 3.61. The number of carbonyl (C=O) groups excluding carboxylic acids is 1. The SMILES string of the molecule is COc1cccc(COc2ccc3c(c2)O/C(=C\C2=Cc4ccccc4O[C@H]2C)C3=O)c1. The summed E-state index contributed by atoms with van der Waals surface area (Å²) < 4.78 is 23.0. The van der Waals surface area contributed by atoms with Crippen LogP contribution in [0.1, 0.15) is 28.4 Å². The highest BCUT2D eigenvalue weighted by Gasteiger charge is 2.29. The van der Waals surface area contributed by atoms with Crippen molar-refractivity contribution < 1.29 is 23.7 Å². The van der Waals surface area contributed by atoms with Crippen molar-refractivity contribution in [3.8, 4) is 23.0 Å². The molecule has 0 fully saturated rings. The summed E-state index contributed by atoms with van der Waals surface area (Å²) in [4.78, 5) is 12.9. The highest BCUT2D eigenvalue weighted by Crippen LogP contribution is 2.36. The van der Waals surface area contributed by atoms with E-state index in [1.54, 1.807) is 31.4 Å². The molecule has 2 aliphatic heterocycles. The zero-order chi connectivity index (χ0) is 22.1. The summed E-state index contributed by atoms with van der Waals surface area (Å²) in [5, 5.41) is 0. The van der Waals surface area contributed by atoms with Crippen molar-refractivity contribution in [1.82, 2.24) is 0 Å². The number of hydrogen-bond donors (Lipinski definition) is 0. The number of allylic oxidation sites excluding steroid dienone is 1. The van der Waals surface area contributed by atoms with Crippen LogP contribution in [0.2, 0.25) is 0 Å². The first-order valence-corrected chi connectivity index (χ1v) is 10.4. The van der Waals surface area contributed by atoms with Gasteiger partial charge in [0.2, 0.25) is 5.78 Å². The summed E-state index contributed by atoms with van der Waals surface area (Å²) in [6.45, 7) is 2.34. The molecule has 0 bridgehead atoms. The Kier molecular flexibility index (Phi) is 5.15. The lowest BCUT2D eigenvalue weighted by Crippen LogP contribution is -2.18. The maximum atomic E-state index is 12.9. The molecule has 0 spiro atoms. The predicted octanol–water partition coefficient (Wildman–Crippen LogP) is 5.60. The second-order valence-corrected chi connectivity index (χ2v) is 7.68. The summed E-state index contributed by atoms with van der Waals surface area (Å²) in [5.41, 5.74) is 3.37. The van der Waals surface area contributed by atoms with Gasteiger partial charge in [0.1, 0.15) is 35.7 Å².